The molecule has 2 fully saturated rings. The molecule has 39 heavy (non-hydrogen) atoms. The van der Waals surface area contributed by atoms with Crippen molar-refractivity contribution in [1.82, 2.24) is 4.90 Å². The quantitative estimate of drug-likeness (QED) is 0.242. The molecule has 6 rings (SSSR count). The van der Waals surface area contributed by atoms with Gasteiger partial charge in [-0.05, 0) is 59.4 Å². The van der Waals surface area contributed by atoms with Gasteiger partial charge in [0.15, 0.2) is 5.50 Å². The number of para-hydroxylation sites is 1. The Labute approximate surface area is 235 Å². The highest BCUT2D eigenvalue weighted by atomic mass is 32.2. The van der Waals surface area contributed by atoms with E-state index in [1.807, 2.05) is 54.6 Å². The number of nitrogens with zero attached hydrogens (tertiary/aromatic N) is 1. The van der Waals surface area contributed by atoms with E-state index < -0.39 is 0 Å². The van der Waals surface area contributed by atoms with Gasteiger partial charge in [0.05, 0.1) is 4.91 Å². The number of benzene rings is 4. The average molecular weight is 535 g/mol. The van der Waals surface area contributed by atoms with Crippen LogP contribution in [-0.4, -0.2) is 22.3 Å². The molecule has 0 bridgehead atoms. The highest BCUT2D eigenvalue weighted by molar-refractivity contribution is 8.05. The second kappa shape index (κ2) is 11.6. The third-order valence-electron chi connectivity index (χ3n) is 7.87. The van der Waals surface area contributed by atoms with Gasteiger partial charge in [-0.15, -0.1) is 0 Å². The SMILES string of the molecule is C[C@H]1CCCC[C@H]1N1C(=O)/C(=C/c2c(OCc3ccccc3)ccc3ccccc23)SC1Nc1ccccc1. The van der Waals surface area contributed by atoms with E-state index in [9.17, 15) is 4.79 Å². The van der Waals surface area contributed by atoms with Gasteiger partial charge in [-0.25, -0.2) is 0 Å². The number of carbonyl (C=O) groups is 1. The summed E-state index contributed by atoms with van der Waals surface area (Å²) < 4.78 is 6.37. The van der Waals surface area contributed by atoms with Crippen molar-refractivity contribution in [3.05, 3.63) is 113 Å². The monoisotopic (exact) mass is 534 g/mol. The maximum absolute atomic E-state index is 14.1. The summed E-state index contributed by atoms with van der Waals surface area (Å²) in [6.07, 6.45) is 6.68. The van der Waals surface area contributed by atoms with E-state index in [4.69, 9.17) is 4.74 Å². The van der Waals surface area contributed by atoms with Gasteiger partial charge in [0.25, 0.3) is 5.91 Å². The number of carbonyl (C=O) groups excluding carboxylic acids is 1. The van der Waals surface area contributed by atoms with Gasteiger partial charge in [-0.1, -0.05) is 110 Å². The predicted molar refractivity (Wildman–Crippen MR) is 162 cm³/mol. The van der Waals surface area contributed by atoms with Crippen LogP contribution in [0.2, 0.25) is 0 Å². The molecule has 1 aliphatic carbocycles. The van der Waals surface area contributed by atoms with Crippen LogP contribution in [0.15, 0.2) is 102 Å². The van der Waals surface area contributed by atoms with Gasteiger partial charge in [0.1, 0.15) is 12.4 Å². The number of hydrogen-bond acceptors (Lipinski definition) is 4. The van der Waals surface area contributed by atoms with E-state index in [0.717, 1.165) is 51.1 Å². The van der Waals surface area contributed by atoms with E-state index in [2.05, 4.69) is 65.7 Å². The Balaban J connectivity index is 1.38. The standard InChI is InChI=1S/C34H34N2O2S/c1-24-12-8-11-19-30(24)36-33(37)32(39-34(36)35-27-16-6-3-7-17-27)22-29-28-18-10-9-15-26(28)20-21-31(29)38-23-25-13-4-2-5-14-25/h2-7,9-10,13-18,20-22,24,30,34-35H,8,11-12,19,23H2,1H3/b32-22-/t24-,30+,34?/m0/s1. The molecule has 1 heterocycles. The summed E-state index contributed by atoms with van der Waals surface area (Å²) in [6.45, 7) is 2.77. The van der Waals surface area contributed by atoms with Crippen molar-refractivity contribution in [3.8, 4) is 5.75 Å². The van der Waals surface area contributed by atoms with Crippen LogP contribution in [0.3, 0.4) is 0 Å². The molecular weight excluding hydrogens is 500 g/mol. The second-order valence-electron chi connectivity index (χ2n) is 10.5. The second-order valence-corrected chi connectivity index (χ2v) is 11.6. The summed E-state index contributed by atoms with van der Waals surface area (Å²) in [5, 5.41) is 5.86. The molecule has 198 valence electrons. The average Bonchev–Trinajstić information content (AvgIpc) is 3.27. The van der Waals surface area contributed by atoms with Crippen LogP contribution in [0, 0.1) is 5.92 Å². The molecule has 5 heteroatoms. The van der Waals surface area contributed by atoms with Crippen molar-refractivity contribution in [1.29, 1.82) is 0 Å². The van der Waals surface area contributed by atoms with E-state index in [1.54, 1.807) is 11.8 Å². The topological polar surface area (TPSA) is 41.6 Å². The van der Waals surface area contributed by atoms with Gasteiger partial charge in [-0.2, -0.15) is 0 Å². The van der Waals surface area contributed by atoms with E-state index in [1.165, 1.54) is 12.8 Å². The minimum absolute atomic E-state index is 0.106. The third kappa shape index (κ3) is 5.55. The fourth-order valence-electron chi connectivity index (χ4n) is 5.78. The Morgan fingerprint density at radius 2 is 1.62 bits per heavy atom. The van der Waals surface area contributed by atoms with E-state index in [-0.39, 0.29) is 17.4 Å². The molecule has 4 nitrogen and oxygen atoms in total. The first-order valence-corrected chi connectivity index (χ1v) is 14.8. The maximum atomic E-state index is 14.1. The smallest absolute Gasteiger partial charge is 0.262 e. The zero-order chi connectivity index (χ0) is 26.6. The fourth-order valence-corrected chi connectivity index (χ4v) is 6.98. The van der Waals surface area contributed by atoms with Gasteiger partial charge in [0.2, 0.25) is 0 Å². The number of anilines is 1. The summed E-state index contributed by atoms with van der Waals surface area (Å²) in [7, 11) is 0. The normalized spacial score (nSPS) is 22.4. The van der Waals surface area contributed by atoms with Crippen molar-refractivity contribution in [2.75, 3.05) is 5.32 Å². The predicted octanol–water partition coefficient (Wildman–Crippen LogP) is 8.31. The third-order valence-corrected chi connectivity index (χ3v) is 8.98. The molecule has 4 aromatic rings. The van der Waals surface area contributed by atoms with Crippen molar-refractivity contribution in [3.63, 3.8) is 0 Å². The molecule has 1 aliphatic heterocycles. The molecular formula is C34H34N2O2S. The first-order chi connectivity index (χ1) is 19.2. The molecule has 0 aromatic heterocycles. The lowest BCUT2D eigenvalue weighted by Gasteiger charge is -2.39. The van der Waals surface area contributed by atoms with Crippen LogP contribution >= 0.6 is 11.8 Å². The van der Waals surface area contributed by atoms with Gasteiger partial charge >= 0.3 is 0 Å². The molecule has 4 aromatic carbocycles. The number of fused-ring (bicyclic) bond motifs is 1. The number of rotatable bonds is 7. The van der Waals surface area contributed by atoms with Crippen LogP contribution in [0.5, 0.6) is 5.75 Å². The first kappa shape index (κ1) is 25.6. The number of amides is 1. The molecule has 3 atom stereocenters. The minimum atomic E-state index is -0.152. The van der Waals surface area contributed by atoms with Crippen LogP contribution < -0.4 is 10.1 Å². The number of hydrogen-bond donors (Lipinski definition) is 1. The molecule has 1 saturated carbocycles. The van der Waals surface area contributed by atoms with E-state index >= 15 is 0 Å². The lowest BCUT2D eigenvalue weighted by Crippen LogP contribution is -2.48. The highest BCUT2D eigenvalue weighted by Gasteiger charge is 2.43. The molecule has 1 amide bonds. The Hall–Kier alpha value is -3.70. The maximum Gasteiger partial charge on any atom is 0.262 e. The Morgan fingerprint density at radius 1 is 0.897 bits per heavy atom. The van der Waals surface area contributed by atoms with E-state index in [0.29, 0.717) is 12.5 Å². The number of nitrogens with one attached hydrogen (secondary N) is 1. The summed E-state index contributed by atoms with van der Waals surface area (Å²) in [5.74, 6) is 1.37. The van der Waals surface area contributed by atoms with Crippen molar-refractivity contribution in [2.24, 2.45) is 5.92 Å². The molecule has 0 radical (unpaired) electrons. The molecule has 2 aliphatic rings. The van der Waals surface area contributed by atoms with Crippen LogP contribution in [0.4, 0.5) is 5.69 Å². The first-order valence-electron chi connectivity index (χ1n) is 13.9. The molecule has 0 spiro atoms. The van der Waals surface area contributed by atoms with Crippen LogP contribution in [-0.2, 0) is 11.4 Å². The highest BCUT2D eigenvalue weighted by Crippen LogP contribution is 2.43. The molecule has 1 saturated heterocycles. The summed E-state index contributed by atoms with van der Waals surface area (Å²) in [6, 6.07) is 33.1. The number of thioether (sulfide) groups is 1. The van der Waals surface area contributed by atoms with Crippen molar-refractivity contribution in [2.45, 2.75) is 50.8 Å². The largest absolute Gasteiger partial charge is 0.488 e. The Morgan fingerprint density at radius 3 is 2.41 bits per heavy atom. The summed E-state index contributed by atoms with van der Waals surface area (Å²) >= 11 is 1.61. The minimum Gasteiger partial charge on any atom is -0.488 e. The lowest BCUT2D eigenvalue weighted by molar-refractivity contribution is -0.129. The van der Waals surface area contributed by atoms with Gasteiger partial charge in [0, 0.05) is 17.3 Å². The Bertz CT molecular complexity index is 1470. The zero-order valence-corrected chi connectivity index (χ0v) is 23.1. The zero-order valence-electron chi connectivity index (χ0n) is 22.3. The Kier molecular flexibility index (Phi) is 7.60. The van der Waals surface area contributed by atoms with Gasteiger partial charge in [-0.3, -0.25) is 4.79 Å². The van der Waals surface area contributed by atoms with Crippen molar-refractivity contribution >= 4 is 40.2 Å². The summed E-state index contributed by atoms with van der Waals surface area (Å²) in [4.78, 5) is 17.0. The number of ether oxygens (including phenoxy) is 1. The van der Waals surface area contributed by atoms with Crippen LogP contribution in [0.25, 0.3) is 16.8 Å². The molecule has 1 unspecified atom stereocenters. The summed E-state index contributed by atoms with van der Waals surface area (Å²) in [5.41, 5.74) is 2.94. The molecule has 1 N–H and O–H groups in total. The fraction of sp³-hybridized carbons (Fsp3) is 0.265. The van der Waals surface area contributed by atoms with Gasteiger partial charge < -0.3 is 15.0 Å². The lowest BCUT2D eigenvalue weighted by atomic mass is 9.85. The van der Waals surface area contributed by atoms with Crippen molar-refractivity contribution < 1.29 is 9.53 Å². The van der Waals surface area contributed by atoms with Crippen LogP contribution in [0.1, 0.15) is 43.7 Å².